The Hall–Kier alpha value is -2.26. The summed E-state index contributed by atoms with van der Waals surface area (Å²) >= 11 is 0. The molecule has 178 valence electrons. The van der Waals surface area contributed by atoms with Gasteiger partial charge in [0.25, 0.3) is 0 Å². The molecule has 0 amide bonds. The molecule has 1 aromatic carbocycles. The van der Waals surface area contributed by atoms with Gasteiger partial charge >= 0.3 is 0 Å². The third-order valence-corrected chi connectivity index (χ3v) is 6.16. The Morgan fingerprint density at radius 2 is 1.25 bits per heavy atom. The lowest BCUT2D eigenvalue weighted by atomic mass is 9.93. The standard InChI is InChI=1S/C29H44O3/c1-20(2)12-9-13-21(3)14-10-15-22(4)16-11-18-29(8,32)19-17-26-25(7)27(30)23(5)24(6)28(26)31/h12,14,16-17,19,30-32H,9-11,13,15,18H2,1-8H3/b19-17+,21-14?,22-16?. The van der Waals surface area contributed by atoms with Crippen molar-refractivity contribution in [1.29, 1.82) is 0 Å². The summed E-state index contributed by atoms with van der Waals surface area (Å²) < 4.78 is 0. The van der Waals surface area contributed by atoms with Gasteiger partial charge in [-0.3, -0.25) is 0 Å². The van der Waals surface area contributed by atoms with Crippen molar-refractivity contribution in [2.75, 3.05) is 0 Å². The van der Waals surface area contributed by atoms with Gasteiger partial charge in [-0.1, -0.05) is 47.1 Å². The van der Waals surface area contributed by atoms with Crippen molar-refractivity contribution in [3.63, 3.8) is 0 Å². The number of rotatable bonds is 11. The second-order valence-electron chi connectivity index (χ2n) is 9.67. The maximum absolute atomic E-state index is 10.8. The highest BCUT2D eigenvalue weighted by Crippen LogP contribution is 2.37. The van der Waals surface area contributed by atoms with Crippen LogP contribution in [0.5, 0.6) is 11.5 Å². The van der Waals surface area contributed by atoms with Crippen LogP contribution in [0.3, 0.4) is 0 Å². The van der Waals surface area contributed by atoms with Crippen LogP contribution in [-0.2, 0) is 0 Å². The Bertz CT molecular complexity index is 862. The van der Waals surface area contributed by atoms with Gasteiger partial charge in [-0.05, 0) is 105 Å². The SMILES string of the molecule is CC(C)=CCCC(C)=CCCC(C)=CCCC(C)(O)/C=C/c1c(C)c(O)c(C)c(C)c1O. The molecule has 1 rings (SSSR count). The van der Waals surface area contributed by atoms with E-state index in [0.29, 0.717) is 28.7 Å². The van der Waals surface area contributed by atoms with Crippen LogP contribution in [0.15, 0.2) is 41.0 Å². The first kappa shape index (κ1) is 27.8. The minimum atomic E-state index is -0.995. The van der Waals surface area contributed by atoms with Gasteiger partial charge in [0.2, 0.25) is 0 Å². The van der Waals surface area contributed by atoms with Crippen molar-refractivity contribution in [2.45, 2.75) is 99.5 Å². The monoisotopic (exact) mass is 440 g/mol. The van der Waals surface area contributed by atoms with Crippen molar-refractivity contribution in [2.24, 2.45) is 0 Å². The first-order valence-corrected chi connectivity index (χ1v) is 11.7. The molecule has 0 bridgehead atoms. The van der Waals surface area contributed by atoms with Crippen LogP contribution in [0.1, 0.15) is 95.4 Å². The molecule has 0 fully saturated rings. The Balaban J connectivity index is 2.63. The summed E-state index contributed by atoms with van der Waals surface area (Å²) in [5.41, 5.74) is 5.69. The van der Waals surface area contributed by atoms with Crippen molar-refractivity contribution in [3.8, 4) is 11.5 Å². The number of hydrogen-bond acceptors (Lipinski definition) is 3. The molecule has 0 aliphatic carbocycles. The van der Waals surface area contributed by atoms with Crippen LogP contribution in [0.4, 0.5) is 0 Å². The lowest BCUT2D eigenvalue weighted by molar-refractivity contribution is 0.104. The molecule has 0 heterocycles. The first-order chi connectivity index (χ1) is 14.9. The predicted molar refractivity (Wildman–Crippen MR) is 138 cm³/mol. The zero-order chi connectivity index (χ0) is 24.5. The molecule has 1 aromatic rings. The van der Waals surface area contributed by atoms with Gasteiger partial charge in [-0.2, -0.15) is 0 Å². The normalized spacial score (nSPS) is 14.7. The quantitative estimate of drug-likeness (QED) is 0.241. The summed E-state index contributed by atoms with van der Waals surface area (Å²) in [6.07, 6.45) is 16.0. The molecule has 0 aliphatic heterocycles. The molecular formula is C29H44O3. The van der Waals surface area contributed by atoms with E-state index in [1.165, 1.54) is 16.7 Å². The van der Waals surface area contributed by atoms with Crippen molar-refractivity contribution >= 4 is 6.08 Å². The second-order valence-corrected chi connectivity index (χ2v) is 9.67. The Morgan fingerprint density at radius 3 is 1.81 bits per heavy atom. The van der Waals surface area contributed by atoms with E-state index in [1.807, 2.05) is 0 Å². The maximum Gasteiger partial charge on any atom is 0.126 e. The summed E-state index contributed by atoms with van der Waals surface area (Å²) in [4.78, 5) is 0. The van der Waals surface area contributed by atoms with Gasteiger partial charge in [0.15, 0.2) is 0 Å². The molecule has 1 atom stereocenters. The molecule has 0 aliphatic rings. The van der Waals surface area contributed by atoms with Crippen LogP contribution in [0.25, 0.3) is 6.08 Å². The third kappa shape index (κ3) is 9.08. The summed E-state index contributed by atoms with van der Waals surface area (Å²) in [5.74, 6) is 0.351. The fourth-order valence-electron chi connectivity index (χ4n) is 3.64. The van der Waals surface area contributed by atoms with E-state index in [0.717, 1.165) is 32.1 Å². The molecule has 3 nitrogen and oxygen atoms in total. The van der Waals surface area contributed by atoms with E-state index in [9.17, 15) is 15.3 Å². The van der Waals surface area contributed by atoms with E-state index in [1.54, 1.807) is 39.8 Å². The molecule has 0 radical (unpaired) electrons. The van der Waals surface area contributed by atoms with Crippen LogP contribution in [-0.4, -0.2) is 20.9 Å². The number of allylic oxidation sites excluding steroid dienone is 6. The van der Waals surface area contributed by atoms with Gasteiger partial charge in [-0.15, -0.1) is 0 Å². The van der Waals surface area contributed by atoms with Crippen LogP contribution >= 0.6 is 0 Å². The topological polar surface area (TPSA) is 60.7 Å². The van der Waals surface area contributed by atoms with Gasteiger partial charge in [0.05, 0.1) is 5.60 Å². The number of hydrogen-bond donors (Lipinski definition) is 3. The molecule has 0 aromatic heterocycles. The summed E-state index contributed by atoms with van der Waals surface area (Å²) in [6.45, 7) is 15.8. The van der Waals surface area contributed by atoms with E-state index >= 15 is 0 Å². The Labute approximate surface area is 195 Å². The largest absolute Gasteiger partial charge is 0.507 e. The zero-order valence-electron chi connectivity index (χ0n) is 21.5. The molecule has 0 saturated heterocycles. The molecule has 3 heteroatoms. The maximum atomic E-state index is 10.8. The number of phenols is 2. The molecule has 32 heavy (non-hydrogen) atoms. The van der Waals surface area contributed by atoms with Crippen LogP contribution in [0, 0.1) is 20.8 Å². The predicted octanol–water partition coefficient (Wildman–Crippen LogP) is 7.99. The smallest absolute Gasteiger partial charge is 0.126 e. The molecule has 3 N–H and O–H groups in total. The van der Waals surface area contributed by atoms with Crippen molar-refractivity contribution in [1.82, 2.24) is 0 Å². The van der Waals surface area contributed by atoms with Gasteiger partial charge in [-0.25, -0.2) is 0 Å². The summed E-state index contributed by atoms with van der Waals surface area (Å²) in [7, 11) is 0. The Kier molecular flexibility index (Phi) is 11.0. The molecule has 1 unspecified atom stereocenters. The van der Waals surface area contributed by atoms with Gasteiger partial charge < -0.3 is 15.3 Å². The van der Waals surface area contributed by atoms with Crippen LogP contribution < -0.4 is 0 Å². The minimum Gasteiger partial charge on any atom is -0.507 e. The van der Waals surface area contributed by atoms with E-state index in [4.69, 9.17) is 0 Å². The number of benzene rings is 1. The fourth-order valence-corrected chi connectivity index (χ4v) is 3.64. The highest BCUT2D eigenvalue weighted by Gasteiger charge is 2.18. The van der Waals surface area contributed by atoms with Crippen molar-refractivity contribution < 1.29 is 15.3 Å². The summed E-state index contributed by atoms with van der Waals surface area (Å²) in [5, 5.41) is 31.5. The number of aromatic hydroxyl groups is 2. The molecular weight excluding hydrogens is 396 g/mol. The highest BCUT2D eigenvalue weighted by atomic mass is 16.3. The summed E-state index contributed by atoms with van der Waals surface area (Å²) in [6, 6.07) is 0. The van der Waals surface area contributed by atoms with Gasteiger partial charge in [0, 0.05) is 11.1 Å². The lowest BCUT2D eigenvalue weighted by Crippen LogP contribution is -2.20. The molecule has 0 spiro atoms. The second kappa shape index (κ2) is 12.7. The zero-order valence-corrected chi connectivity index (χ0v) is 21.5. The van der Waals surface area contributed by atoms with Gasteiger partial charge in [0.1, 0.15) is 11.5 Å². The number of aliphatic hydroxyl groups is 1. The minimum absolute atomic E-state index is 0.157. The first-order valence-electron chi connectivity index (χ1n) is 11.7. The number of phenolic OH excluding ortho intramolecular Hbond substituents is 2. The van der Waals surface area contributed by atoms with Crippen molar-refractivity contribution in [3.05, 3.63) is 63.3 Å². The lowest BCUT2D eigenvalue weighted by Gasteiger charge is -2.19. The van der Waals surface area contributed by atoms with Crippen LogP contribution in [0.2, 0.25) is 0 Å². The average molecular weight is 441 g/mol. The fraction of sp³-hybridized carbons (Fsp3) is 0.517. The van der Waals surface area contributed by atoms with E-state index < -0.39 is 5.60 Å². The average Bonchev–Trinajstić information content (AvgIpc) is 2.70. The van der Waals surface area contributed by atoms with E-state index in [2.05, 4.69) is 45.9 Å². The third-order valence-electron chi connectivity index (χ3n) is 6.16. The molecule has 0 saturated carbocycles. The highest BCUT2D eigenvalue weighted by molar-refractivity contribution is 5.69. The Morgan fingerprint density at radius 1 is 0.750 bits per heavy atom. The van der Waals surface area contributed by atoms with E-state index in [-0.39, 0.29) is 11.5 Å².